The van der Waals surface area contributed by atoms with Gasteiger partial charge in [0.25, 0.3) is 0 Å². The molecule has 17 heteroatoms. The number of carboxylic acid groups (broad SMARTS) is 2. The molecule has 180 valence electrons. The van der Waals surface area contributed by atoms with Crippen LogP contribution in [0.25, 0.3) is 0 Å². The number of aliphatic hydroxyl groups excluding tert-OH is 8. The predicted molar refractivity (Wildman–Crippen MR) is 90.7 cm³/mol. The standard InChI is InChI=1S/C14H24BO16/c16-1-3(18)5(20)9-11(7(22)13(24)25)30-15(28-9)29-10(6(21)4(19)2-17)12(31-15)8(23)14(26)27/h3-12,16-23H,1-2H2,(H,24,25)(H,26,27)/q-1. The van der Waals surface area contributed by atoms with Gasteiger partial charge in [-0.15, -0.1) is 0 Å². The third kappa shape index (κ3) is 5.13. The fourth-order valence-electron chi connectivity index (χ4n) is 3.26. The summed E-state index contributed by atoms with van der Waals surface area (Å²) >= 11 is 0. The Kier molecular flexibility index (Phi) is 8.30. The van der Waals surface area contributed by atoms with Crippen LogP contribution in [-0.2, 0) is 28.2 Å². The monoisotopic (exact) mass is 459 g/mol. The first-order chi connectivity index (χ1) is 14.4. The predicted octanol–water partition coefficient (Wildman–Crippen LogP) is -6.69. The molecule has 0 aromatic rings. The highest BCUT2D eigenvalue weighted by molar-refractivity contribution is 6.55. The average molecular weight is 459 g/mol. The summed E-state index contributed by atoms with van der Waals surface area (Å²) in [7, 11) is 0. The van der Waals surface area contributed by atoms with Gasteiger partial charge in [-0.05, 0) is 0 Å². The summed E-state index contributed by atoms with van der Waals surface area (Å²) in [5.41, 5.74) is 0. The van der Waals surface area contributed by atoms with Crippen LogP contribution < -0.4 is 0 Å². The molecule has 0 bridgehead atoms. The van der Waals surface area contributed by atoms with Crippen LogP contribution in [0.15, 0.2) is 0 Å². The van der Waals surface area contributed by atoms with Crippen LogP contribution in [0, 0.1) is 0 Å². The van der Waals surface area contributed by atoms with E-state index >= 15 is 0 Å². The summed E-state index contributed by atoms with van der Waals surface area (Å²) < 4.78 is 20.8. The maximum Gasteiger partial charge on any atom is 0.532 e. The van der Waals surface area contributed by atoms with E-state index in [1.807, 2.05) is 0 Å². The molecule has 2 rings (SSSR count). The Bertz CT molecular complexity index is 594. The van der Waals surface area contributed by atoms with Gasteiger partial charge in [-0.3, -0.25) is 0 Å². The second kappa shape index (κ2) is 9.98. The number of aliphatic carboxylic acids is 2. The molecule has 10 atom stereocenters. The van der Waals surface area contributed by atoms with Crippen LogP contribution in [0.3, 0.4) is 0 Å². The van der Waals surface area contributed by atoms with Crippen molar-refractivity contribution in [3.63, 3.8) is 0 Å². The third-order valence-electron chi connectivity index (χ3n) is 4.91. The highest BCUT2D eigenvalue weighted by Crippen LogP contribution is 2.40. The maximum atomic E-state index is 11.2. The molecule has 16 nitrogen and oxygen atoms in total. The van der Waals surface area contributed by atoms with Crippen LogP contribution in [0.4, 0.5) is 0 Å². The molecule has 0 aromatic carbocycles. The number of hydrogen-bond acceptors (Lipinski definition) is 14. The summed E-state index contributed by atoms with van der Waals surface area (Å²) in [5, 5.41) is 95.5. The van der Waals surface area contributed by atoms with Crippen LogP contribution in [0.1, 0.15) is 0 Å². The summed E-state index contributed by atoms with van der Waals surface area (Å²) in [6, 6.07) is 0. The Labute approximate surface area is 173 Å². The summed E-state index contributed by atoms with van der Waals surface area (Å²) in [6.45, 7) is -5.75. The first-order valence-electron chi connectivity index (χ1n) is 8.98. The van der Waals surface area contributed by atoms with Gasteiger partial charge in [0, 0.05) is 0 Å². The highest BCUT2D eigenvalue weighted by Gasteiger charge is 2.61. The van der Waals surface area contributed by atoms with Gasteiger partial charge >= 0.3 is 18.9 Å². The largest absolute Gasteiger partial charge is 0.532 e. The molecule has 2 heterocycles. The van der Waals surface area contributed by atoms with Gasteiger partial charge in [0.2, 0.25) is 0 Å². The lowest BCUT2D eigenvalue weighted by molar-refractivity contribution is -0.156. The maximum absolute atomic E-state index is 11.2. The van der Waals surface area contributed by atoms with E-state index in [-0.39, 0.29) is 0 Å². The van der Waals surface area contributed by atoms with E-state index in [1.54, 1.807) is 0 Å². The van der Waals surface area contributed by atoms with Crippen molar-refractivity contribution in [1.29, 1.82) is 0 Å². The molecule has 2 fully saturated rings. The van der Waals surface area contributed by atoms with Crippen molar-refractivity contribution >= 4 is 18.9 Å². The Morgan fingerprint density at radius 3 is 1.19 bits per heavy atom. The van der Waals surface area contributed by atoms with Gasteiger partial charge in [0.1, 0.15) is 24.4 Å². The zero-order chi connectivity index (χ0) is 23.7. The molecular weight excluding hydrogens is 435 g/mol. The van der Waals surface area contributed by atoms with Crippen LogP contribution in [0.5, 0.6) is 0 Å². The summed E-state index contributed by atoms with van der Waals surface area (Å²) in [5.74, 6) is -3.71. The first kappa shape index (κ1) is 25.8. The highest BCUT2D eigenvalue weighted by atomic mass is 16.9. The summed E-state index contributed by atoms with van der Waals surface area (Å²) in [6.07, 6.45) is -20.5. The Morgan fingerprint density at radius 2 is 0.935 bits per heavy atom. The molecule has 10 unspecified atom stereocenters. The molecule has 31 heavy (non-hydrogen) atoms. The Morgan fingerprint density at radius 1 is 0.645 bits per heavy atom. The lowest BCUT2D eigenvalue weighted by atomic mass is 9.99. The SMILES string of the molecule is O=C(O)C(O)C1O[B-]2(OC(C(O)C(=O)O)C(C(O)C(O)CO)O2)OC1C(O)C(O)CO. The van der Waals surface area contributed by atoms with Gasteiger partial charge < -0.3 is 69.7 Å². The van der Waals surface area contributed by atoms with Gasteiger partial charge in [-0.1, -0.05) is 0 Å². The van der Waals surface area contributed by atoms with Crippen molar-refractivity contribution in [3.05, 3.63) is 0 Å². The van der Waals surface area contributed by atoms with Crippen molar-refractivity contribution in [2.24, 2.45) is 0 Å². The van der Waals surface area contributed by atoms with E-state index in [4.69, 9.17) is 39.0 Å². The molecule has 0 aliphatic carbocycles. The zero-order valence-corrected chi connectivity index (χ0v) is 15.7. The van der Waals surface area contributed by atoms with Crippen molar-refractivity contribution in [3.8, 4) is 0 Å². The number of carboxylic acids is 2. The van der Waals surface area contributed by atoms with E-state index in [0.717, 1.165) is 0 Å². The van der Waals surface area contributed by atoms with E-state index in [9.17, 15) is 40.2 Å². The fraction of sp³-hybridized carbons (Fsp3) is 0.857. The molecular formula is C14H24BO16-. The smallest absolute Gasteiger partial charge is 0.512 e. The second-order valence-electron chi connectivity index (χ2n) is 7.03. The second-order valence-corrected chi connectivity index (χ2v) is 7.03. The lowest BCUT2D eigenvalue weighted by Crippen LogP contribution is -2.50. The first-order valence-corrected chi connectivity index (χ1v) is 8.98. The topological polar surface area (TPSA) is 273 Å². The van der Waals surface area contributed by atoms with Crippen LogP contribution >= 0.6 is 0 Å². The van der Waals surface area contributed by atoms with Gasteiger partial charge in [-0.25, -0.2) is 9.59 Å². The molecule has 10 N–H and O–H groups in total. The fourth-order valence-corrected chi connectivity index (χ4v) is 3.26. The van der Waals surface area contributed by atoms with E-state index < -0.39 is 93.1 Å². The zero-order valence-electron chi connectivity index (χ0n) is 15.7. The summed E-state index contributed by atoms with van der Waals surface area (Å²) in [4.78, 5) is 22.4. The minimum Gasteiger partial charge on any atom is -0.512 e. The molecule has 0 saturated carbocycles. The molecule has 2 saturated heterocycles. The number of aliphatic hydroxyl groups is 8. The van der Waals surface area contributed by atoms with E-state index in [2.05, 4.69) is 0 Å². The van der Waals surface area contributed by atoms with Gasteiger partial charge in [0.15, 0.2) is 12.2 Å². The van der Waals surface area contributed by atoms with Crippen molar-refractivity contribution in [2.45, 2.75) is 61.0 Å². The molecule has 2 aliphatic rings. The van der Waals surface area contributed by atoms with Crippen molar-refractivity contribution in [1.82, 2.24) is 0 Å². The molecule has 1 spiro atoms. The van der Waals surface area contributed by atoms with Gasteiger partial charge in [0.05, 0.1) is 37.6 Å². The minimum absolute atomic E-state index is 1.01. The number of hydrogen-bond donors (Lipinski definition) is 10. The molecule has 2 aliphatic heterocycles. The van der Waals surface area contributed by atoms with Crippen molar-refractivity contribution in [2.75, 3.05) is 13.2 Å². The quantitative estimate of drug-likeness (QED) is 0.136. The van der Waals surface area contributed by atoms with Crippen molar-refractivity contribution < 1.29 is 79.3 Å². The van der Waals surface area contributed by atoms with E-state index in [0.29, 0.717) is 0 Å². The third-order valence-corrected chi connectivity index (χ3v) is 4.91. The lowest BCUT2D eigenvalue weighted by Gasteiger charge is -2.31. The molecule has 0 radical (unpaired) electrons. The Balaban J connectivity index is 2.39. The minimum atomic E-state index is -3.73. The van der Waals surface area contributed by atoms with E-state index in [1.165, 1.54) is 0 Å². The van der Waals surface area contributed by atoms with Crippen LogP contribution in [0.2, 0.25) is 0 Å². The normalized spacial score (nSPS) is 36.6. The number of rotatable bonds is 10. The Hall–Kier alpha value is -1.48. The molecule has 0 aromatic heterocycles. The molecule has 0 amide bonds. The number of carbonyl (C=O) groups is 2. The average Bonchev–Trinajstić information content (AvgIpc) is 3.30. The van der Waals surface area contributed by atoms with Gasteiger partial charge in [-0.2, -0.15) is 0 Å². The van der Waals surface area contributed by atoms with Crippen LogP contribution in [-0.4, -0.2) is 144 Å².